The van der Waals surface area contributed by atoms with Crippen molar-refractivity contribution in [2.45, 2.75) is 25.3 Å². The first-order valence-corrected chi connectivity index (χ1v) is 5.57. The molecule has 1 saturated heterocycles. The molecule has 1 aromatic carbocycles. The van der Waals surface area contributed by atoms with Crippen molar-refractivity contribution in [1.82, 2.24) is 4.90 Å². The van der Waals surface area contributed by atoms with Gasteiger partial charge in [-0.2, -0.15) is 0 Å². The monoisotopic (exact) mass is 205 g/mol. The van der Waals surface area contributed by atoms with Gasteiger partial charge in [-0.05, 0) is 38.6 Å². The molecule has 2 heteroatoms. The first-order chi connectivity index (χ1) is 7.24. The largest absolute Gasteiger partial charge is 0.496 e. The van der Waals surface area contributed by atoms with Crippen molar-refractivity contribution >= 4 is 0 Å². The van der Waals surface area contributed by atoms with Gasteiger partial charge in [0.05, 0.1) is 7.11 Å². The zero-order valence-corrected chi connectivity index (χ0v) is 9.73. The predicted molar refractivity (Wildman–Crippen MR) is 62.4 cm³/mol. The molecule has 82 valence electrons. The lowest BCUT2D eigenvalue weighted by Gasteiger charge is -2.22. The van der Waals surface area contributed by atoms with Gasteiger partial charge in [0, 0.05) is 12.0 Å². The maximum Gasteiger partial charge on any atom is 0.122 e. The van der Waals surface area contributed by atoms with E-state index in [2.05, 4.69) is 37.1 Å². The molecular formula is C13H19NO. The standard InChI is InChI=1S/C13H19NO/c1-10-11(8-9-14(10)2)12-6-4-5-7-13(12)15-3/h4-7,10-11H,8-9H2,1-3H3. The Kier molecular flexibility index (Phi) is 2.96. The van der Waals surface area contributed by atoms with Crippen molar-refractivity contribution in [2.75, 3.05) is 20.7 Å². The van der Waals surface area contributed by atoms with Gasteiger partial charge in [0.1, 0.15) is 5.75 Å². The zero-order chi connectivity index (χ0) is 10.8. The van der Waals surface area contributed by atoms with Crippen molar-refractivity contribution in [3.8, 4) is 5.75 Å². The van der Waals surface area contributed by atoms with Crippen LogP contribution in [0.3, 0.4) is 0 Å². The van der Waals surface area contributed by atoms with Gasteiger partial charge in [0.25, 0.3) is 0 Å². The van der Waals surface area contributed by atoms with Crippen LogP contribution in [0.1, 0.15) is 24.8 Å². The molecule has 1 aliphatic rings. The second-order valence-corrected chi connectivity index (χ2v) is 4.36. The number of methoxy groups -OCH3 is 1. The van der Waals surface area contributed by atoms with Gasteiger partial charge in [-0.15, -0.1) is 0 Å². The summed E-state index contributed by atoms with van der Waals surface area (Å²) in [6.07, 6.45) is 1.23. The highest BCUT2D eigenvalue weighted by Gasteiger charge is 2.30. The van der Waals surface area contributed by atoms with Crippen LogP contribution in [-0.2, 0) is 0 Å². The molecule has 0 N–H and O–H groups in total. The molecule has 15 heavy (non-hydrogen) atoms. The maximum atomic E-state index is 5.42. The number of likely N-dealkylation sites (N-methyl/N-ethyl adjacent to an activating group) is 1. The first kappa shape index (κ1) is 10.5. The highest BCUT2D eigenvalue weighted by molar-refractivity contribution is 5.37. The Labute approximate surface area is 91.9 Å². The average molecular weight is 205 g/mol. The highest BCUT2D eigenvalue weighted by Crippen LogP contribution is 2.36. The lowest BCUT2D eigenvalue weighted by Crippen LogP contribution is -2.25. The molecule has 2 rings (SSSR count). The molecule has 1 heterocycles. The minimum absolute atomic E-state index is 0.612. The predicted octanol–water partition coefficient (Wildman–Crippen LogP) is 2.50. The molecule has 0 bridgehead atoms. The summed E-state index contributed by atoms with van der Waals surface area (Å²) in [5, 5.41) is 0. The van der Waals surface area contributed by atoms with E-state index in [4.69, 9.17) is 4.74 Å². The smallest absolute Gasteiger partial charge is 0.122 e. The van der Waals surface area contributed by atoms with Gasteiger partial charge in [-0.1, -0.05) is 18.2 Å². The minimum Gasteiger partial charge on any atom is -0.496 e. The Bertz CT molecular complexity index is 337. The van der Waals surface area contributed by atoms with E-state index in [9.17, 15) is 0 Å². The Morgan fingerprint density at radius 1 is 1.33 bits per heavy atom. The van der Waals surface area contributed by atoms with Gasteiger partial charge < -0.3 is 9.64 Å². The summed E-state index contributed by atoms with van der Waals surface area (Å²) in [4.78, 5) is 2.41. The average Bonchev–Trinajstić information content (AvgIpc) is 2.60. The quantitative estimate of drug-likeness (QED) is 0.735. The number of hydrogen-bond donors (Lipinski definition) is 0. The van der Waals surface area contributed by atoms with Crippen LogP contribution in [0.2, 0.25) is 0 Å². The summed E-state index contributed by atoms with van der Waals surface area (Å²) in [5.74, 6) is 1.65. The van der Waals surface area contributed by atoms with Gasteiger partial charge in [-0.3, -0.25) is 0 Å². The number of benzene rings is 1. The third kappa shape index (κ3) is 1.86. The van der Waals surface area contributed by atoms with Gasteiger partial charge in [0.2, 0.25) is 0 Å². The van der Waals surface area contributed by atoms with Crippen LogP contribution in [-0.4, -0.2) is 31.6 Å². The summed E-state index contributed by atoms with van der Waals surface area (Å²) in [6, 6.07) is 9.00. The van der Waals surface area contributed by atoms with E-state index in [1.54, 1.807) is 7.11 Å². The van der Waals surface area contributed by atoms with E-state index in [0.717, 1.165) is 5.75 Å². The number of ether oxygens (including phenoxy) is 1. The number of para-hydroxylation sites is 1. The molecule has 2 nitrogen and oxygen atoms in total. The summed E-state index contributed by atoms with van der Waals surface area (Å²) in [5.41, 5.74) is 1.36. The van der Waals surface area contributed by atoms with Crippen LogP contribution in [0.15, 0.2) is 24.3 Å². The van der Waals surface area contributed by atoms with Crippen molar-refractivity contribution in [1.29, 1.82) is 0 Å². The van der Waals surface area contributed by atoms with Crippen LogP contribution in [0.25, 0.3) is 0 Å². The van der Waals surface area contributed by atoms with Gasteiger partial charge in [0.15, 0.2) is 0 Å². The number of rotatable bonds is 2. The van der Waals surface area contributed by atoms with E-state index in [1.807, 2.05) is 6.07 Å². The summed E-state index contributed by atoms with van der Waals surface area (Å²) in [6.45, 7) is 3.48. The number of likely N-dealkylation sites (tertiary alicyclic amines) is 1. The normalized spacial score (nSPS) is 26.9. The van der Waals surface area contributed by atoms with Gasteiger partial charge >= 0.3 is 0 Å². The molecule has 1 aliphatic heterocycles. The van der Waals surface area contributed by atoms with Crippen LogP contribution < -0.4 is 4.74 Å². The fourth-order valence-corrected chi connectivity index (χ4v) is 2.48. The summed E-state index contributed by atoms with van der Waals surface area (Å²) in [7, 11) is 3.95. The lowest BCUT2D eigenvalue weighted by atomic mass is 9.92. The van der Waals surface area contributed by atoms with Crippen LogP contribution in [0, 0.1) is 0 Å². The third-order valence-electron chi connectivity index (χ3n) is 3.61. The molecular weight excluding hydrogens is 186 g/mol. The molecule has 2 unspecified atom stereocenters. The Balaban J connectivity index is 2.29. The molecule has 1 aromatic rings. The van der Waals surface area contributed by atoms with Crippen LogP contribution >= 0.6 is 0 Å². The second-order valence-electron chi connectivity index (χ2n) is 4.36. The van der Waals surface area contributed by atoms with E-state index in [-0.39, 0.29) is 0 Å². The Morgan fingerprint density at radius 2 is 2.07 bits per heavy atom. The molecule has 0 radical (unpaired) electrons. The number of nitrogens with zero attached hydrogens (tertiary/aromatic N) is 1. The third-order valence-corrected chi connectivity index (χ3v) is 3.61. The summed E-state index contributed by atoms with van der Waals surface area (Å²) >= 11 is 0. The van der Waals surface area contributed by atoms with E-state index in [1.165, 1.54) is 18.5 Å². The first-order valence-electron chi connectivity index (χ1n) is 5.57. The van der Waals surface area contributed by atoms with Crippen LogP contribution in [0.4, 0.5) is 0 Å². The van der Waals surface area contributed by atoms with E-state index in [0.29, 0.717) is 12.0 Å². The fourth-order valence-electron chi connectivity index (χ4n) is 2.48. The summed E-state index contributed by atoms with van der Waals surface area (Å²) < 4.78 is 5.42. The van der Waals surface area contributed by atoms with Crippen molar-refractivity contribution in [2.24, 2.45) is 0 Å². The zero-order valence-electron chi connectivity index (χ0n) is 9.73. The molecule has 0 amide bonds. The highest BCUT2D eigenvalue weighted by atomic mass is 16.5. The van der Waals surface area contributed by atoms with E-state index < -0.39 is 0 Å². The molecule has 1 fully saturated rings. The van der Waals surface area contributed by atoms with Crippen molar-refractivity contribution in [3.05, 3.63) is 29.8 Å². The molecule has 0 aliphatic carbocycles. The second kappa shape index (κ2) is 4.23. The van der Waals surface area contributed by atoms with Crippen molar-refractivity contribution < 1.29 is 4.74 Å². The van der Waals surface area contributed by atoms with E-state index >= 15 is 0 Å². The molecule has 0 spiro atoms. The van der Waals surface area contributed by atoms with Crippen LogP contribution in [0.5, 0.6) is 5.75 Å². The SMILES string of the molecule is COc1ccccc1C1CCN(C)C1C. The Morgan fingerprint density at radius 3 is 2.67 bits per heavy atom. The van der Waals surface area contributed by atoms with Gasteiger partial charge in [-0.25, -0.2) is 0 Å². The topological polar surface area (TPSA) is 12.5 Å². The lowest BCUT2D eigenvalue weighted by molar-refractivity contribution is 0.314. The molecule has 0 aromatic heterocycles. The minimum atomic E-state index is 0.612. The van der Waals surface area contributed by atoms with Crippen molar-refractivity contribution in [3.63, 3.8) is 0 Å². The molecule has 0 saturated carbocycles. The maximum absolute atomic E-state index is 5.42. The molecule has 2 atom stereocenters. The fraction of sp³-hybridized carbons (Fsp3) is 0.538. The number of hydrogen-bond acceptors (Lipinski definition) is 2. The Hall–Kier alpha value is -1.02.